The molecule has 0 saturated heterocycles. The highest BCUT2D eigenvalue weighted by atomic mass is 16.5. The highest BCUT2D eigenvalue weighted by Gasteiger charge is 2.23. The van der Waals surface area contributed by atoms with Crippen molar-refractivity contribution in [1.82, 2.24) is 5.32 Å². The van der Waals surface area contributed by atoms with Crippen molar-refractivity contribution in [3.63, 3.8) is 0 Å². The minimum absolute atomic E-state index is 0.495. The van der Waals surface area contributed by atoms with E-state index in [1.807, 2.05) is 7.05 Å². The van der Waals surface area contributed by atoms with Crippen molar-refractivity contribution in [3.8, 4) is 5.75 Å². The zero-order chi connectivity index (χ0) is 12.1. The molecule has 1 N–H and O–H groups in total. The van der Waals surface area contributed by atoms with Crippen LogP contribution < -0.4 is 10.1 Å². The second-order valence-electron chi connectivity index (χ2n) is 4.89. The van der Waals surface area contributed by atoms with E-state index in [4.69, 9.17) is 4.74 Å². The van der Waals surface area contributed by atoms with Crippen LogP contribution in [-0.4, -0.2) is 19.2 Å². The first kappa shape index (κ1) is 12.4. The molecule has 2 rings (SSSR count). The zero-order valence-electron chi connectivity index (χ0n) is 10.9. The maximum atomic E-state index is 5.74. The number of benzene rings is 1. The van der Waals surface area contributed by atoms with Crippen molar-refractivity contribution < 1.29 is 4.74 Å². The van der Waals surface area contributed by atoms with Crippen molar-refractivity contribution in [2.24, 2.45) is 0 Å². The van der Waals surface area contributed by atoms with Crippen molar-refractivity contribution in [2.75, 3.05) is 7.05 Å². The fourth-order valence-corrected chi connectivity index (χ4v) is 2.01. The van der Waals surface area contributed by atoms with E-state index in [2.05, 4.69) is 36.5 Å². The Bertz CT molecular complexity index is 325. The van der Waals surface area contributed by atoms with Gasteiger partial charge in [-0.1, -0.05) is 19.1 Å². The topological polar surface area (TPSA) is 21.3 Å². The number of rotatable bonds is 7. The average molecular weight is 233 g/mol. The standard InChI is InChI=1S/C15H23NO/c1-3-13(16-2)7-4-12-5-8-14(9-6-12)17-15-10-11-15/h5-6,8-9,13,15-16H,3-4,7,10-11H2,1-2H3. The fraction of sp³-hybridized carbons (Fsp3) is 0.600. The molecule has 1 aliphatic rings. The summed E-state index contributed by atoms with van der Waals surface area (Å²) in [6, 6.07) is 9.24. The molecule has 0 aromatic heterocycles. The Morgan fingerprint density at radius 3 is 2.53 bits per heavy atom. The Balaban J connectivity index is 1.80. The summed E-state index contributed by atoms with van der Waals surface area (Å²) in [7, 11) is 2.04. The zero-order valence-corrected chi connectivity index (χ0v) is 10.9. The van der Waals surface area contributed by atoms with Gasteiger partial charge in [-0.3, -0.25) is 0 Å². The molecule has 1 aliphatic carbocycles. The molecule has 17 heavy (non-hydrogen) atoms. The molecule has 0 bridgehead atoms. The highest BCUT2D eigenvalue weighted by molar-refractivity contribution is 5.27. The Morgan fingerprint density at radius 1 is 1.29 bits per heavy atom. The Labute approximate surface area is 104 Å². The van der Waals surface area contributed by atoms with Gasteiger partial charge < -0.3 is 10.1 Å². The van der Waals surface area contributed by atoms with E-state index in [1.54, 1.807) is 0 Å². The van der Waals surface area contributed by atoms with E-state index in [1.165, 1.54) is 31.2 Å². The summed E-state index contributed by atoms with van der Waals surface area (Å²) in [4.78, 5) is 0. The molecule has 2 heteroatoms. The molecule has 1 saturated carbocycles. The molecule has 94 valence electrons. The van der Waals surface area contributed by atoms with Crippen LogP contribution in [0.4, 0.5) is 0 Å². The lowest BCUT2D eigenvalue weighted by Crippen LogP contribution is -2.24. The predicted molar refractivity (Wildman–Crippen MR) is 71.6 cm³/mol. The first-order valence-electron chi connectivity index (χ1n) is 6.74. The van der Waals surface area contributed by atoms with Crippen LogP contribution in [0, 0.1) is 0 Å². The van der Waals surface area contributed by atoms with Crippen LogP contribution in [0.25, 0.3) is 0 Å². The normalized spacial score (nSPS) is 16.8. The molecule has 0 aliphatic heterocycles. The predicted octanol–water partition coefficient (Wildman–Crippen LogP) is 3.16. The lowest BCUT2D eigenvalue weighted by Gasteiger charge is -2.13. The average Bonchev–Trinajstić information content (AvgIpc) is 3.16. The van der Waals surface area contributed by atoms with Crippen molar-refractivity contribution in [2.45, 2.75) is 51.2 Å². The molecular formula is C15H23NO. The summed E-state index contributed by atoms with van der Waals surface area (Å²) in [5.41, 5.74) is 1.40. The van der Waals surface area contributed by atoms with E-state index >= 15 is 0 Å². The van der Waals surface area contributed by atoms with Gasteiger partial charge in [0, 0.05) is 6.04 Å². The van der Waals surface area contributed by atoms with Crippen molar-refractivity contribution >= 4 is 0 Å². The number of ether oxygens (including phenoxy) is 1. The molecule has 0 amide bonds. The summed E-state index contributed by atoms with van der Waals surface area (Å²) in [6.07, 6.45) is 6.48. The lowest BCUT2D eigenvalue weighted by atomic mass is 10.0. The minimum atomic E-state index is 0.495. The third kappa shape index (κ3) is 4.04. The largest absolute Gasteiger partial charge is 0.490 e. The van der Waals surface area contributed by atoms with E-state index in [9.17, 15) is 0 Å². The van der Waals surface area contributed by atoms with Crippen molar-refractivity contribution in [1.29, 1.82) is 0 Å². The number of nitrogens with one attached hydrogen (secondary N) is 1. The van der Waals surface area contributed by atoms with Crippen LogP contribution in [0.2, 0.25) is 0 Å². The molecule has 2 nitrogen and oxygen atoms in total. The van der Waals surface area contributed by atoms with Gasteiger partial charge >= 0.3 is 0 Å². The van der Waals surface area contributed by atoms with Crippen LogP contribution in [0.15, 0.2) is 24.3 Å². The summed E-state index contributed by atoms with van der Waals surface area (Å²) < 4.78 is 5.74. The minimum Gasteiger partial charge on any atom is -0.490 e. The van der Waals surface area contributed by atoms with Crippen LogP contribution in [0.3, 0.4) is 0 Å². The maximum Gasteiger partial charge on any atom is 0.119 e. The van der Waals surface area contributed by atoms with E-state index < -0.39 is 0 Å². The second kappa shape index (κ2) is 6.06. The summed E-state index contributed by atoms with van der Waals surface area (Å²) >= 11 is 0. The molecule has 1 atom stereocenters. The number of hydrogen-bond donors (Lipinski definition) is 1. The summed E-state index contributed by atoms with van der Waals surface area (Å²) in [6.45, 7) is 2.23. The highest BCUT2D eigenvalue weighted by Crippen LogP contribution is 2.26. The van der Waals surface area contributed by atoms with Crippen LogP contribution >= 0.6 is 0 Å². The van der Waals surface area contributed by atoms with Gasteiger partial charge in [-0.2, -0.15) is 0 Å². The quantitative estimate of drug-likeness (QED) is 0.781. The van der Waals surface area contributed by atoms with Gasteiger partial charge in [0.05, 0.1) is 6.10 Å². The Hall–Kier alpha value is -1.02. The van der Waals surface area contributed by atoms with Gasteiger partial charge in [0.25, 0.3) is 0 Å². The van der Waals surface area contributed by atoms with Gasteiger partial charge in [-0.15, -0.1) is 0 Å². The molecule has 1 fully saturated rings. The first-order valence-corrected chi connectivity index (χ1v) is 6.74. The molecule has 1 aromatic carbocycles. The van der Waals surface area contributed by atoms with E-state index in [-0.39, 0.29) is 0 Å². The Kier molecular flexibility index (Phi) is 4.43. The number of hydrogen-bond acceptors (Lipinski definition) is 2. The Morgan fingerprint density at radius 2 is 2.00 bits per heavy atom. The van der Waals surface area contributed by atoms with Gasteiger partial charge in [0.15, 0.2) is 0 Å². The molecule has 1 unspecified atom stereocenters. The lowest BCUT2D eigenvalue weighted by molar-refractivity contribution is 0.303. The second-order valence-corrected chi connectivity index (χ2v) is 4.89. The first-order chi connectivity index (χ1) is 8.31. The van der Waals surface area contributed by atoms with Gasteiger partial charge in [0.2, 0.25) is 0 Å². The maximum absolute atomic E-state index is 5.74. The number of aryl methyl sites for hydroxylation is 1. The fourth-order valence-electron chi connectivity index (χ4n) is 2.01. The molecule has 0 spiro atoms. The molecule has 0 heterocycles. The molecular weight excluding hydrogens is 210 g/mol. The smallest absolute Gasteiger partial charge is 0.119 e. The van der Waals surface area contributed by atoms with Crippen LogP contribution in [0.5, 0.6) is 5.75 Å². The van der Waals surface area contributed by atoms with E-state index in [0.29, 0.717) is 12.1 Å². The molecule has 0 radical (unpaired) electrons. The van der Waals surface area contributed by atoms with Gasteiger partial charge in [-0.25, -0.2) is 0 Å². The van der Waals surface area contributed by atoms with E-state index in [0.717, 1.165) is 12.2 Å². The third-order valence-corrected chi connectivity index (χ3v) is 3.43. The van der Waals surface area contributed by atoms with Crippen LogP contribution in [-0.2, 0) is 6.42 Å². The SMILES string of the molecule is CCC(CCc1ccc(OC2CC2)cc1)NC. The third-order valence-electron chi connectivity index (χ3n) is 3.43. The summed E-state index contributed by atoms with van der Waals surface area (Å²) in [5, 5.41) is 3.34. The monoisotopic (exact) mass is 233 g/mol. The van der Waals surface area contributed by atoms with Crippen molar-refractivity contribution in [3.05, 3.63) is 29.8 Å². The van der Waals surface area contributed by atoms with Gasteiger partial charge in [0.1, 0.15) is 5.75 Å². The molecule has 1 aromatic rings. The van der Waals surface area contributed by atoms with Crippen LogP contribution in [0.1, 0.15) is 38.2 Å². The van der Waals surface area contributed by atoms with Gasteiger partial charge in [-0.05, 0) is 56.8 Å². The summed E-state index contributed by atoms with van der Waals surface area (Å²) in [5.74, 6) is 1.02.